The number of pyridine rings is 1. The van der Waals surface area contributed by atoms with Crippen LogP contribution in [-0.2, 0) is 22.9 Å². The Morgan fingerprint density at radius 2 is 1.69 bits per heavy atom. The topological polar surface area (TPSA) is 172 Å². The van der Waals surface area contributed by atoms with Gasteiger partial charge in [-0.15, -0.1) is 0 Å². The molecule has 2 aromatic heterocycles. The second-order valence-corrected chi connectivity index (χ2v) is 14.5. The van der Waals surface area contributed by atoms with Crippen molar-refractivity contribution in [2.75, 3.05) is 21.5 Å². The molecule has 0 spiro atoms. The van der Waals surface area contributed by atoms with Crippen molar-refractivity contribution >= 4 is 38.9 Å². The first-order chi connectivity index (χ1) is 24.2. The van der Waals surface area contributed by atoms with E-state index in [2.05, 4.69) is 44.2 Å². The summed E-state index contributed by atoms with van der Waals surface area (Å²) in [4.78, 5) is 26.6. The summed E-state index contributed by atoms with van der Waals surface area (Å²) < 4.78 is 57.1. The fourth-order valence-electron chi connectivity index (χ4n) is 5.48. The lowest BCUT2D eigenvalue weighted by atomic mass is 10.0. The molecule has 14 heteroatoms. The summed E-state index contributed by atoms with van der Waals surface area (Å²) >= 11 is 0. The van der Waals surface area contributed by atoms with Crippen LogP contribution in [0.2, 0.25) is 0 Å². The number of aliphatic hydroxyl groups excluding tert-OH is 1. The molecular weight excluding hydrogens is 677 g/mol. The van der Waals surface area contributed by atoms with Gasteiger partial charge in [0.1, 0.15) is 11.6 Å². The maximum Gasteiger partial charge on any atom is 0.251 e. The van der Waals surface area contributed by atoms with Crippen molar-refractivity contribution in [3.8, 4) is 11.3 Å². The molecule has 0 aliphatic carbocycles. The van der Waals surface area contributed by atoms with Crippen molar-refractivity contribution < 1.29 is 27.1 Å². The number of carbonyl (C=O) groups excluding carboxylic acids is 1. The minimum Gasteiger partial charge on any atom is -0.397 e. The van der Waals surface area contributed by atoms with Crippen LogP contribution in [0.5, 0.6) is 0 Å². The maximum atomic E-state index is 14.1. The molecule has 1 amide bonds. The molecule has 0 aliphatic rings. The summed E-state index contributed by atoms with van der Waals surface area (Å²) in [5, 5.41) is 17.1. The highest BCUT2D eigenvalue weighted by atomic mass is 32.2. The van der Waals surface area contributed by atoms with Crippen LogP contribution >= 0.6 is 0 Å². The minimum absolute atomic E-state index is 0.101. The van der Waals surface area contributed by atoms with Crippen molar-refractivity contribution in [1.29, 1.82) is 0 Å². The SMILES string of the molecule is Cc1ccc(C(=O)N[C@@H](Cc2cc(F)cc(F)c2)[C@@H](O)CS(=O)(=O)Nc2ccc(CC(C)C)cc2N)cc1Nc1nccc(-c2cccnc2)n1. The number of nitrogens with zero attached hydrogens (tertiary/aromatic N) is 3. The Hall–Kier alpha value is -5.47. The number of hydrogen-bond donors (Lipinski definition) is 5. The molecule has 0 fully saturated rings. The van der Waals surface area contributed by atoms with E-state index in [1.54, 1.807) is 67.1 Å². The third-order valence-corrected chi connectivity index (χ3v) is 9.24. The molecule has 51 heavy (non-hydrogen) atoms. The van der Waals surface area contributed by atoms with Gasteiger partial charge >= 0.3 is 0 Å². The number of anilines is 4. The third kappa shape index (κ3) is 10.3. The van der Waals surface area contributed by atoms with Gasteiger partial charge in [-0.25, -0.2) is 27.2 Å². The number of amides is 1. The number of nitrogen functional groups attached to an aromatic ring is 1. The zero-order chi connectivity index (χ0) is 36.7. The number of aliphatic hydroxyl groups is 1. The van der Waals surface area contributed by atoms with Gasteiger partial charge in [0.05, 0.1) is 35.0 Å². The number of aryl methyl sites for hydroxylation is 1. The molecule has 2 heterocycles. The van der Waals surface area contributed by atoms with Gasteiger partial charge in [-0.1, -0.05) is 26.0 Å². The molecular formula is C37H39F2N7O4S. The van der Waals surface area contributed by atoms with Crippen LogP contribution in [0.4, 0.5) is 31.8 Å². The molecule has 0 saturated heterocycles. The van der Waals surface area contributed by atoms with Crippen molar-refractivity contribution in [2.24, 2.45) is 5.92 Å². The minimum atomic E-state index is -4.22. The Labute approximate surface area is 295 Å². The smallest absolute Gasteiger partial charge is 0.251 e. The van der Waals surface area contributed by atoms with Crippen LogP contribution in [0.1, 0.15) is 40.9 Å². The van der Waals surface area contributed by atoms with E-state index < -0.39 is 45.5 Å². The number of rotatable bonds is 14. The number of carbonyl (C=O) groups is 1. The highest BCUT2D eigenvalue weighted by molar-refractivity contribution is 7.92. The lowest BCUT2D eigenvalue weighted by molar-refractivity contribution is 0.0862. The average molecular weight is 716 g/mol. The van der Waals surface area contributed by atoms with Crippen molar-refractivity contribution in [3.63, 3.8) is 0 Å². The van der Waals surface area contributed by atoms with Crippen LogP contribution < -0.4 is 21.1 Å². The lowest BCUT2D eigenvalue weighted by Gasteiger charge is -2.25. The monoisotopic (exact) mass is 715 g/mol. The quantitative estimate of drug-likeness (QED) is 0.0892. The van der Waals surface area contributed by atoms with Gasteiger partial charge in [0, 0.05) is 41.5 Å². The Morgan fingerprint density at radius 3 is 2.37 bits per heavy atom. The Morgan fingerprint density at radius 1 is 0.922 bits per heavy atom. The van der Waals surface area contributed by atoms with Gasteiger partial charge in [0.25, 0.3) is 5.91 Å². The van der Waals surface area contributed by atoms with E-state index in [-0.39, 0.29) is 34.9 Å². The molecule has 0 aliphatic heterocycles. The number of nitrogens with two attached hydrogens (primary N) is 1. The summed E-state index contributed by atoms with van der Waals surface area (Å²) in [5.41, 5.74) is 10.4. The number of halogens is 2. The average Bonchev–Trinajstić information content (AvgIpc) is 3.06. The lowest BCUT2D eigenvalue weighted by Crippen LogP contribution is -2.48. The molecule has 5 rings (SSSR count). The van der Waals surface area contributed by atoms with Gasteiger partial charge in [0.2, 0.25) is 16.0 Å². The van der Waals surface area contributed by atoms with Crippen molar-refractivity contribution in [3.05, 3.63) is 125 Å². The largest absolute Gasteiger partial charge is 0.397 e. The van der Waals surface area contributed by atoms with E-state index in [1.165, 1.54) is 0 Å². The molecule has 2 atom stereocenters. The molecule has 0 bridgehead atoms. The first kappa shape index (κ1) is 36.8. The number of benzene rings is 3. The van der Waals surface area contributed by atoms with Crippen LogP contribution in [0.25, 0.3) is 11.3 Å². The number of nitrogens with one attached hydrogen (secondary N) is 3. The Bertz CT molecular complexity index is 2100. The predicted octanol–water partition coefficient (Wildman–Crippen LogP) is 5.79. The number of sulfonamides is 1. The summed E-state index contributed by atoms with van der Waals surface area (Å²) in [7, 11) is -4.22. The zero-order valence-electron chi connectivity index (χ0n) is 28.3. The molecule has 0 saturated carbocycles. The second-order valence-electron chi connectivity index (χ2n) is 12.7. The molecule has 5 aromatic rings. The fraction of sp³-hybridized carbons (Fsp3) is 0.243. The second kappa shape index (κ2) is 16.0. The normalized spacial score (nSPS) is 12.7. The van der Waals surface area contributed by atoms with Crippen molar-refractivity contribution in [1.82, 2.24) is 20.3 Å². The van der Waals surface area contributed by atoms with Gasteiger partial charge in [-0.2, -0.15) is 0 Å². The first-order valence-corrected chi connectivity index (χ1v) is 17.8. The summed E-state index contributed by atoms with van der Waals surface area (Å²) in [6.07, 6.45) is 3.69. The standard InChI is InChI=1S/C37H39F2N7O4S/c1-22(2)13-24-7-9-32(30(40)16-24)46-51(49,50)21-35(47)34(17-25-14-28(38)19-29(39)15-25)43-36(48)26-8-6-23(3)33(18-26)45-37-42-12-10-31(44-37)27-5-4-11-41-20-27/h4-12,14-16,18-20,22,34-35,46-47H,13,17,21,40H2,1-3H3,(H,43,48)(H,42,44,45)/t34-,35-/m0/s1. The van der Waals surface area contributed by atoms with E-state index in [1.807, 2.05) is 13.0 Å². The van der Waals surface area contributed by atoms with Gasteiger partial charge < -0.3 is 21.5 Å². The summed E-state index contributed by atoms with van der Waals surface area (Å²) in [6.45, 7) is 5.92. The van der Waals surface area contributed by atoms with Crippen LogP contribution in [-0.4, -0.2) is 52.3 Å². The molecule has 6 N–H and O–H groups in total. The molecule has 0 unspecified atom stereocenters. The van der Waals surface area contributed by atoms with Crippen molar-refractivity contribution in [2.45, 2.75) is 45.8 Å². The fourth-order valence-corrected chi connectivity index (χ4v) is 6.77. The molecule has 11 nitrogen and oxygen atoms in total. The third-order valence-electron chi connectivity index (χ3n) is 7.93. The van der Waals surface area contributed by atoms with E-state index in [0.717, 1.165) is 35.2 Å². The van der Waals surface area contributed by atoms with Gasteiger partial charge in [-0.05, 0) is 97.0 Å². The van der Waals surface area contributed by atoms with Crippen LogP contribution in [0.15, 0.2) is 91.4 Å². The van der Waals surface area contributed by atoms with E-state index >= 15 is 0 Å². The number of aromatic nitrogens is 3. The predicted molar refractivity (Wildman–Crippen MR) is 194 cm³/mol. The molecule has 0 radical (unpaired) electrons. The first-order valence-electron chi connectivity index (χ1n) is 16.2. The van der Waals surface area contributed by atoms with Crippen LogP contribution in [0, 0.1) is 24.5 Å². The van der Waals surface area contributed by atoms with E-state index in [0.29, 0.717) is 23.4 Å². The van der Waals surface area contributed by atoms with Gasteiger partial charge in [-0.3, -0.25) is 14.5 Å². The number of hydrogen-bond acceptors (Lipinski definition) is 9. The van der Waals surface area contributed by atoms with E-state index in [9.17, 15) is 27.1 Å². The summed E-state index contributed by atoms with van der Waals surface area (Å²) in [6, 6.07) is 16.7. The Balaban J connectivity index is 1.36. The molecule has 3 aromatic carbocycles. The van der Waals surface area contributed by atoms with E-state index in [4.69, 9.17) is 5.73 Å². The summed E-state index contributed by atoms with van der Waals surface area (Å²) in [5.74, 6) is -2.61. The van der Waals surface area contributed by atoms with Crippen LogP contribution in [0.3, 0.4) is 0 Å². The Kier molecular flexibility index (Phi) is 11.6. The van der Waals surface area contributed by atoms with Gasteiger partial charge in [0.15, 0.2) is 0 Å². The highest BCUT2D eigenvalue weighted by Gasteiger charge is 2.28. The maximum absolute atomic E-state index is 14.1. The molecule has 266 valence electrons. The zero-order valence-corrected chi connectivity index (χ0v) is 29.1. The highest BCUT2D eigenvalue weighted by Crippen LogP contribution is 2.25.